The molecule has 0 bridgehead atoms. The van der Waals surface area contributed by atoms with Crippen LogP contribution in [0.1, 0.15) is 19.4 Å². The van der Waals surface area contributed by atoms with E-state index >= 15 is 0 Å². The quantitative estimate of drug-likeness (QED) is 0.342. The van der Waals surface area contributed by atoms with Gasteiger partial charge in [-0.05, 0) is 31.5 Å². The topological polar surface area (TPSA) is 127 Å². The number of pyridine rings is 1. The zero-order valence-corrected chi connectivity index (χ0v) is 22.7. The molecule has 0 amide bonds. The molecule has 0 saturated carbocycles. The number of nitrogens with zero attached hydrogens (tertiary/aromatic N) is 6. The molecule has 0 atom stereocenters. The fraction of sp³-hybridized carbons (Fsp3) is 0.435. The van der Waals surface area contributed by atoms with Crippen molar-refractivity contribution >= 4 is 46.3 Å². The summed E-state index contributed by atoms with van der Waals surface area (Å²) in [6, 6.07) is 3.19. The summed E-state index contributed by atoms with van der Waals surface area (Å²) in [5.41, 5.74) is 1.66. The van der Waals surface area contributed by atoms with Crippen molar-refractivity contribution in [3.8, 4) is 0 Å². The first-order valence-electron chi connectivity index (χ1n) is 11.6. The Morgan fingerprint density at radius 1 is 1.10 bits per heavy atom. The molecule has 0 aromatic carbocycles. The number of imidazole rings is 1. The number of allylic oxidation sites excluding steroid dienone is 2. The first kappa shape index (κ1) is 30.2. The van der Waals surface area contributed by atoms with E-state index in [-0.39, 0.29) is 16.9 Å². The summed E-state index contributed by atoms with van der Waals surface area (Å²) in [5, 5.41) is 10.9. The van der Waals surface area contributed by atoms with Crippen LogP contribution in [-0.2, 0) is 24.9 Å². The number of anilines is 1. The highest BCUT2D eigenvalue weighted by molar-refractivity contribution is 6.32. The van der Waals surface area contributed by atoms with Gasteiger partial charge in [-0.15, -0.1) is 0 Å². The smallest absolute Gasteiger partial charge is 0.475 e. The molecule has 2 N–H and O–H groups in total. The highest BCUT2D eigenvalue weighted by Crippen LogP contribution is 2.21. The molecule has 0 radical (unpaired) electrons. The van der Waals surface area contributed by atoms with Crippen LogP contribution in [0.4, 0.5) is 19.1 Å². The average molecular weight is 592 g/mol. The van der Waals surface area contributed by atoms with E-state index in [0.29, 0.717) is 29.2 Å². The van der Waals surface area contributed by atoms with Crippen molar-refractivity contribution < 1.29 is 23.1 Å². The number of carboxylic acid groups (broad SMARTS) is 1. The SMILES string of the molecule is CC(C)=CCn1c(N2CCNCC2)nc2c1c(=O)n(Cc1cc(Cl)nc(Cl)c1)c(=O)n2C.O=C(O)C(F)(F)F. The van der Waals surface area contributed by atoms with E-state index in [4.69, 9.17) is 38.1 Å². The van der Waals surface area contributed by atoms with Gasteiger partial charge in [0, 0.05) is 39.8 Å². The summed E-state index contributed by atoms with van der Waals surface area (Å²) in [6.07, 6.45) is -3.04. The number of hydrogen-bond acceptors (Lipinski definition) is 7. The van der Waals surface area contributed by atoms with Crippen molar-refractivity contribution in [2.45, 2.75) is 33.1 Å². The average Bonchev–Trinajstić information content (AvgIpc) is 3.23. The number of hydrogen-bond donors (Lipinski definition) is 2. The predicted molar refractivity (Wildman–Crippen MR) is 141 cm³/mol. The molecule has 0 aliphatic carbocycles. The second kappa shape index (κ2) is 12.2. The lowest BCUT2D eigenvalue weighted by Gasteiger charge is -2.28. The summed E-state index contributed by atoms with van der Waals surface area (Å²) < 4.78 is 36.2. The molecule has 3 aromatic rings. The lowest BCUT2D eigenvalue weighted by Crippen LogP contribution is -2.44. The van der Waals surface area contributed by atoms with Gasteiger partial charge in [-0.1, -0.05) is 34.9 Å². The van der Waals surface area contributed by atoms with Gasteiger partial charge in [0.25, 0.3) is 5.56 Å². The van der Waals surface area contributed by atoms with Crippen molar-refractivity contribution in [2.24, 2.45) is 7.05 Å². The van der Waals surface area contributed by atoms with Gasteiger partial charge < -0.3 is 19.9 Å². The minimum atomic E-state index is -5.08. The van der Waals surface area contributed by atoms with E-state index in [0.717, 1.165) is 31.8 Å². The fourth-order valence-electron chi connectivity index (χ4n) is 3.84. The van der Waals surface area contributed by atoms with Crippen LogP contribution < -0.4 is 21.5 Å². The summed E-state index contributed by atoms with van der Waals surface area (Å²) >= 11 is 12.0. The molecule has 11 nitrogen and oxygen atoms in total. The third-order valence-corrected chi connectivity index (χ3v) is 6.09. The molecular weight excluding hydrogens is 566 g/mol. The van der Waals surface area contributed by atoms with Crippen molar-refractivity contribution in [3.63, 3.8) is 0 Å². The molecule has 1 fully saturated rings. The van der Waals surface area contributed by atoms with Gasteiger partial charge in [-0.2, -0.15) is 18.2 Å². The van der Waals surface area contributed by atoms with Gasteiger partial charge in [0.1, 0.15) is 10.3 Å². The van der Waals surface area contributed by atoms with E-state index in [9.17, 15) is 22.8 Å². The second-order valence-corrected chi connectivity index (χ2v) is 9.64. The van der Waals surface area contributed by atoms with Crippen LogP contribution in [-0.4, -0.2) is 67.1 Å². The number of aryl methyl sites for hydroxylation is 1. The van der Waals surface area contributed by atoms with Crippen LogP contribution in [0.5, 0.6) is 0 Å². The molecule has 4 rings (SSSR count). The van der Waals surface area contributed by atoms with Gasteiger partial charge in [-0.25, -0.2) is 14.6 Å². The van der Waals surface area contributed by atoms with Crippen LogP contribution in [0.2, 0.25) is 10.3 Å². The first-order valence-corrected chi connectivity index (χ1v) is 12.4. The predicted octanol–water partition coefficient (Wildman–Crippen LogP) is 2.66. The molecule has 0 spiro atoms. The lowest BCUT2D eigenvalue weighted by molar-refractivity contribution is -0.192. The Kier molecular flexibility index (Phi) is 9.46. The molecule has 1 saturated heterocycles. The molecule has 212 valence electrons. The molecule has 1 aliphatic heterocycles. The Morgan fingerprint density at radius 3 is 2.18 bits per heavy atom. The minimum Gasteiger partial charge on any atom is -0.475 e. The number of piperazine rings is 1. The Balaban J connectivity index is 0.000000532. The van der Waals surface area contributed by atoms with E-state index in [1.165, 1.54) is 9.13 Å². The number of nitrogens with one attached hydrogen (secondary N) is 1. The van der Waals surface area contributed by atoms with Gasteiger partial charge in [0.05, 0.1) is 6.54 Å². The highest BCUT2D eigenvalue weighted by Gasteiger charge is 2.38. The number of carboxylic acids is 1. The Bertz CT molecular complexity index is 1500. The van der Waals surface area contributed by atoms with E-state index in [1.54, 1.807) is 19.2 Å². The third kappa shape index (κ3) is 7.19. The van der Waals surface area contributed by atoms with E-state index in [1.807, 2.05) is 24.5 Å². The molecule has 39 heavy (non-hydrogen) atoms. The Morgan fingerprint density at radius 2 is 1.67 bits per heavy atom. The number of fused-ring (bicyclic) bond motifs is 1. The summed E-state index contributed by atoms with van der Waals surface area (Å²) in [6.45, 7) is 7.74. The maximum Gasteiger partial charge on any atom is 0.490 e. The summed E-state index contributed by atoms with van der Waals surface area (Å²) in [5.74, 6) is -2.06. The zero-order valence-electron chi connectivity index (χ0n) is 21.2. The number of carbonyl (C=O) groups is 1. The normalized spacial score (nSPS) is 13.7. The number of alkyl halides is 3. The van der Waals surface area contributed by atoms with Crippen LogP contribution in [0.25, 0.3) is 11.2 Å². The van der Waals surface area contributed by atoms with E-state index in [2.05, 4.69) is 15.2 Å². The third-order valence-electron chi connectivity index (χ3n) is 5.70. The van der Waals surface area contributed by atoms with Crippen molar-refractivity contribution in [3.05, 3.63) is 60.5 Å². The standard InChI is InChI=1S/C21H25Cl2N7O2.C2HF3O2/c1-13(2)4-7-29-17-18(26-20(29)28-8-5-24-6-9-28)27(3)21(32)30(19(17)31)12-14-10-15(22)25-16(23)11-14;3-2(4,5)1(6)7/h4,10-11,24H,5-9,12H2,1-3H3;(H,6,7). The lowest BCUT2D eigenvalue weighted by atomic mass is 10.2. The number of aromatic nitrogens is 5. The second-order valence-electron chi connectivity index (χ2n) is 8.87. The molecular formula is C23H26Cl2F3N7O4. The van der Waals surface area contributed by atoms with Crippen molar-refractivity contribution in [1.29, 1.82) is 0 Å². The number of rotatable bonds is 5. The van der Waals surface area contributed by atoms with Crippen LogP contribution >= 0.6 is 23.2 Å². The largest absolute Gasteiger partial charge is 0.490 e. The zero-order chi connectivity index (χ0) is 29.1. The number of aliphatic carboxylic acids is 1. The molecule has 16 heteroatoms. The molecule has 4 heterocycles. The number of halogens is 5. The van der Waals surface area contributed by atoms with Gasteiger partial charge in [0.2, 0.25) is 5.95 Å². The molecule has 3 aromatic heterocycles. The summed E-state index contributed by atoms with van der Waals surface area (Å²) in [4.78, 5) is 46.4. The maximum absolute atomic E-state index is 13.6. The Labute approximate surface area is 230 Å². The Hall–Kier alpha value is -3.36. The maximum atomic E-state index is 13.6. The van der Waals surface area contributed by atoms with Crippen LogP contribution in [0.3, 0.4) is 0 Å². The van der Waals surface area contributed by atoms with Gasteiger partial charge >= 0.3 is 17.8 Å². The van der Waals surface area contributed by atoms with Gasteiger partial charge in [-0.3, -0.25) is 13.9 Å². The first-order chi connectivity index (χ1) is 18.2. The van der Waals surface area contributed by atoms with Crippen LogP contribution in [0.15, 0.2) is 33.4 Å². The fourth-order valence-corrected chi connectivity index (χ4v) is 4.35. The molecule has 0 unspecified atom stereocenters. The minimum absolute atomic E-state index is 0.0280. The van der Waals surface area contributed by atoms with Crippen molar-refractivity contribution in [1.82, 2.24) is 29.0 Å². The van der Waals surface area contributed by atoms with Crippen molar-refractivity contribution in [2.75, 3.05) is 31.1 Å². The molecule has 1 aliphatic rings. The summed E-state index contributed by atoms with van der Waals surface area (Å²) in [7, 11) is 1.63. The monoisotopic (exact) mass is 591 g/mol. The van der Waals surface area contributed by atoms with E-state index < -0.39 is 23.4 Å². The van der Waals surface area contributed by atoms with Gasteiger partial charge in [0.15, 0.2) is 11.2 Å². The van der Waals surface area contributed by atoms with Crippen LogP contribution in [0, 0.1) is 0 Å². The highest BCUT2D eigenvalue weighted by atomic mass is 35.5.